The lowest BCUT2D eigenvalue weighted by atomic mass is 10.1. The fourth-order valence-corrected chi connectivity index (χ4v) is 2.38. The topological polar surface area (TPSA) is 122 Å². The number of nitrogens with zero attached hydrogens (tertiary/aromatic N) is 2. The summed E-state index contributed by atoms with van der Waals surface area (Å²) in [5.41, 5.74) is -0.412. The van der Waals surface area contributed by atoms with Gasteiger partial charge in [0, 0.05) is 11.6 Å². The Balaban J connectivity index is 2.91. The highest BCUT2D eigenvalue weighted by atomic mass is 35.5. The van der Waals surface area contributed by atoms with Crippen LogP contribution >= 0.6 is 23.4 Å². The first kappa shape index (κ1) is 19.7. The summed E-state index contributed by atoms with van der Waals surface area (Å²) >= 11 is 7.17. The number of nitrogens with one attached hydrogen (secondary N) is 1. The number of hydrogen-bond donors (Lipinski definition) is 1. The molecule has 8 nitrogen and oxygen atoms in total. The molecule has 0 heterocycles. The predicted octanol–water partition coefficient (Wildman–Crippen LogP) is 2.17. The Labute approximate surface area is 147 Å². The molecule has 1 aromatic carbocycles. The minimum Gasteiger partial charge on any atom is -0.449 e. The maximum absolute atomic E-state index is 12.2. The van der Waals surface area contributed by atoms with Gasteiger partial charge in [-0.3, -0.25) is 14.9 Å². The average molecular weight is 372 g/mol. The van der Waals surface area contributed by atoms with Gasteiger partial charge in [-0.05, 0) is 30.6 Å². The molecule has 0 fully saturated rings. The van der Waals surface area contributed by atoms with Gasteiger partial charge in [0.2, 0.25) is 0 Å². The highest BCUT2D eigenvalue weighted by Crippen LogP contribution is 2.25. The molecule has 0 spiro atoms. The van der Waals surface area contributed by atoms with Gasteiger partial charge in [0.1, 0.15) is 17.1 Å². The Morgan fingerprint density at radius 2 is 2.25 bits per heavy atom. The van der Waals surface area contributed by atoms with Gasteiger partial charge in [-0.2, -0.15) is 17.0 Å². The number of nitro benzene ring substituents is 1. The van der Waals surface area contributed by atoms with Gasteiger partial charge in [-0.15, -0.1) is 0 Å². The molecule has 0 aliphatic rings. The monoisotopic (exact) mass is 371 g/mol. The number of hydrogen-bond acceptors (Lipinski definition) is 7. The van der Waals surface area contributed by atoms with Crippen molar-refractivity contribution in [3.8, 4) is 6.07 Å². The zero-order valence-electron chi connectivity index (χ0n) is 12.7. The molecule has 0 saturated carbocycles. The molecule has 1 N–H and O–H groups in total. The fourth-order valence-electron chi connectivity index (χ4n) is 1.72. The molecular weight excluding hydrogens is 358 g/mol. The van der Waals surface area contributed by atoms with Crippen molar-refractivity contribution in [3.05, 3.63) is 38.9 Å². The second-order valence-electron chi connectivity index (χ2n) is 4.50. The van der Waals surface area contributed by atoms with Crippen molar-refractivity contribution in [1.82, 2.24) is 5.32 Å². The minimum atomic E-state index is -0.951. The van der Waals surface area contributed by atoms with E-state index >= 15 is 0 Å². The second-order valence-corrected chi connectivity index (χ2v) is 5.89. The van der Waals surface area contributed by atoms with E-state index in [-0.39, 0.29) is 10.6 Å². The number of amides is 1. The Morgan fingerprint density at radius 1 is 1.54 bits per heavy atom. The summed E-state index contributed by atoms with van der Waals surface area (Å²) in [6, 6.07) is 4.30. The van der Waals surface area contributed by atoms with Crippen LogP contribution in [0.25, 0.3) is 0 Å². The normalized spacial score (nSPS) is 11.2. The number of nitriles is 1. The van der Waals surface area contributed by atoms with E-state index in [2.05, 4.69) is 5.32 Å². The summed E-state index contributed by atoms with van der Waals surface area (Å²) in [5.74, 6) is -0.829. The average Bonchev–Trinajstić information content (AvgIpc) is 2.56. The largest absolute Gasteiger partial charge is 0.449 e. The van der Waals surface area contributed by atoms with Crippen molar-refractivity contribution in [2.24, 2.45) is 0 Å². The molecule has 1 aromatic rings. The Bertz CT molecular complexity index is 677. The van der Waals surface area contributed by atoms with E-state index in [0.29, 0.717) is 12.2 Å². The van der Waals surface area contributed by atoms with E-state index in [0.717, 1.165) is 6.07 Å². The quantitative estimate of drug-likeness (QED) is 0.422. The van der Waals surface area contributed by atoms with Crippen LogP contribution in [-0.2, 0) is 9.53 Å². The number of ether oxygens (including phenoxy) is 1. The molecule has 0 aromatic heterocycles. The first-order valence-corrected chi connectivity index (χ1v) is 8.45. The molecule has 0 saturated heterocycles. The molecule has 128 valence electrons. The van der Waals surface area contributed by atoms with E-state index in [4.69, 9.17) is 21.6 Å². The predicted molar refractivity (Wildman–Crippen MR) is 88.9 cm³/mol. The molecule has 0 unspecified atom stereocenters. The molecule has 1 atom stereocenters. The first-order valence-electron chi connectivity index (χ1n) is 6.68. The van der Waals surface area contributed by atoms with Crippen LogP contribution in [-0.4, -0.2) is 41.5 Å². The standard InChI is InChI=1S/C14H14ClN3O5S/c1-24-7-4-11(14(20)23-6-5-16)17-13(19)9-2-3-10(15)12(8-9)18(21)22/h2-3,8,11H,4,6-7H2,1H3,(H,17,19)/t11-/m0/s1. The maximum Gasteiger partial charge on any atom is 0.329 e. The molecule has 10 heteroatoms. The number of halogens is 1. The van der Waals surface area contributed by atoms with Crippen LogP contribution < -0.4 is 5.32 Å². The van der Waals surface area contributed by atoms with Crippen molar-refractivity contribution < 1.29 is 19.2 Å². The summed E-state index contributed by atoms with van der Waals surface area (Å²) in [4.78, 5) is 34.3. The van der Waals surface area contributed by atoms with Crippen molar-refractivity contribution in [1.29, 1.82) is 5.26 Å². The summed E-state index contributed by atoms with van der Waals surface area (Å²) in [6.45, 7) is -0.420. The van der Waals surface area contributed by atoms with Gasteiger partial charge in [0.15, 0.2) is 6.61 Å². The zero-order valence-corrected chi connectivity index (χ0v) is 14.2. The van der Waals surface area contributed by atoms with Crippen LogP contribution in [0.3, 0.4) is 0 Å². The molecular formula is C14H14ClN3O5S. The lowest BCUT2D eigenvalue weighted by Gasteiger charge is -2.16. The summed E-state index contributed by atoms with van der Waals surface area (Å²) in [5, 5.41) is 21.7. The van der Waals surface area contributed by atoms with Crippen LogP contribution in [0.5, 0.6) is 0 Å². The lowest BCUT2D eigenvalue weighted by Crippen LogP contribution is -2.42. The highest BCUT2D eigenvalue weighted by molar-refractivity contribution is 7.98. The third-order valence-electron chi connectivity index (χ3n) is 2.88. The number of carbonyl (C=O) groups is 2. The number of benzene rings is 1. The van der Waals surface area contributed by atoms with Crippen molar-refractivity contribution >= 4 is 40.9 Å². The van der Waals surface area contributed by atoms with Crippen molar-refractivity contribution in [3.63, 3.8) is 0 Å². The molecule has 0 bridgehead atoms. The Hall–Kier alpha value is -2.31. The third kappa shape index (κ3) is 5.72. The molecule has 0 aliphatic heterocycles. The number of thioether (sulfide) groups is 1. The molecule has 0 radical (unpaired) electrons. The number of carbonyl (C=O) groups excluding carboxylic acids is 2. The minimum absolute atomic E-state index is 0.00617. The zero-order chi connectivity index (χ0) is 18.1. The van der Waals surface area contributed by atoms with Gasteiger partial charge in [-0.1, -0.05) is 11.6 Å². The summed E-state index contributed by atoms with van der Waals surface area (Å²) in [7, 11) is 0. The van der Waals surface area contributed by atoms with Crippen LogP contribution in [0.2, 0.25) is 5.02 Å². The van der Waals surface area contributed by atoms with Gasteiger partial charge in [-0.25, -0.2) is 4.79 Å². The van der Waals surface area contributed by atoms with Crippen LogP contribution in [0.1, 0.15) is 16.8 Å². The number of esters is 1. The lowest BCUT2D eigenvalue weighted by molar-refractivity contribution is -0.384. The van der Waals surface area contributed by atoms with Crippen LogP contribution in [0.15, 0.2) is 18.2 Å². The van der Waals surface area contributed by atoms with E-state index in [1.807, 2.05) is 6.26 Å². The second kappa shape index (κ2) is 9.75. The van der Waals surface area contributed by atoms with Gasteiger partial charge >= 0.3 is 5.97 Å². The van der Waals surface area contributed by atoms with Crippen molar-refractivity contribution in [2.45, 2.75) is 12.5 Å². The van der Waals surface area contributed by atoms with E-state index in [1.54, 1.807) is 6.07 Å². The van der Waals surface area contributed by atoms with Gasteiger partial charge < -0.3 is 10.1 Å². The Morgan fingerprint density at radius 3 is 2.83 bits per heavy atom. The highest BCUT2D eigenvalue weighted by Gasteiger charge is 2.24. The smallest absolute Gasteiger partial charge is 0.329 e. The van der Waals surface area contributed by atoms with E-state index < -0.39 is 35.1 Å². The summed E-state index contributed by atoms with van der Waals surface area (Å²) in [6.07, 6.45) is 2.13. The van der Waals surface area contributed by atoms with E-state index in [1.165, 1.54) is 23.9 Å². The number of rotatable bonds is 8. The summed E-state index contributed by atoms with van der Waals surface area (Å²) < 4.78 is 4.71. The van der Waals surface area contributed by atoms with Crippen LogP contribution in [0, 0.1) is 21.4 Å². The molecule has 0 aliphatic carbocycles. The van der Waals surface area contributed by atoms with Crippen LogP contribution in [0.4, 0.5) is 5.69 Å². The third-order valence-corrected chi connectivity index (χ3v) is 3.85. The fraction of sp³-hybridized carbons (Fsp3) is 0.357. The number of nitro groups is 1. The first-order chi connectivity index (χ1) is 11.4. The van der Waals surface area contributed by atoms with Gasteiger partial charge in [0.25, 0.3) is 11.6 Å². The molecule has 24 heavy (non-hydrogen) atoms. The SMILES string of the molecule is CSCC[C@H](NC(=O)c1ccc(Cl)c([N+](=O)[O-])c1)C(=O)OCC#N. The maximum atomic E-state index is 12.2. The van der Waals surface area contributed by atoms with E-state index in [9.17, 15) is 19.7 Å². The molecule has 1 rings (SSSR count). The molecule has 1 amide bonds. The Kier molecular flexibility index (Phi) is 8.01. The van der Waals surface area contributed by atoms with Gasteiger partial charge in [0.05, 0.1) is 4.92 Å². The van der Waals surface area contributed by atoms with Crippen molar-refractivity contribution in [2.75, 3.05) is 18.6 Å².